The molecule has 1 aliphatic rings. The first-order chi connectivity index (χ1) is 7.27. The maximum Gasteiger partial charge on any atom is 0.181 e. The van der Waals surface area contributed by atoms with Crippen LogP contribution in [0.15, 0.2) is 18.3 Å². The molecule has 0 spiro atoms. The van der Waals surface area contributed by atoms with Gasteiger partial charge in [-0.2, -0.15) is 0 Å². The van der Waals surface area contributed by atoms with Gasteiger partial charge in [-0.3, -0.25) is 9.78 Å². The van der Waals surface area contributed by atoms with E-state index in [2.05, 4.69) is 4.98 Å². The molecule has 80 valence electrons. The number of ketones is 1. The second-order valence-electron chi connectivity index (χ2n) is 4.45. The molecule has 0 atom stereocenters. The number of hydrogen-bond donors (Lipinski definition) is 0. The first kappa shape index (κ1) is 10.3. The van der Waals surface area contributed by atoms with Gasteiger partial charge in [0.25, 0.3) is 0 Å². The van der Waals surface area contributed by atoms with Crippen LogP contribution in [0.2, 0.25) is 0 Å². The summed E-state index contributed by atoms with van der Waals surface area (Å²) < 4.78 is 0. The van der Waals surface area contributed by atoms with Crippen molar-refractivity contribution >= 4 is 5.78 Å². The van der Waals surface area contributed by atoms with Crippen molar-refractivity contribution in [1.29, 1.82) is 0 Å². The molecule has 1 heterocycles. The van der Waals surface area contributed by atoms with Crippen molar-refractivity contribution < 1.29 is 4.79 Å². The molecule has 15 heavy (non-hydrogen) atoms. The normalized spacial score (nSPS) is 16.9. The van der Waals surface area contributed by atoms with Gasteiger partial charge in [-0.15, -0.1) is 0 Å². The first-order valence-electron chi connectivity index (χ1n) is 5.72. The minimum Gasteiger partial charge on any atom is -0.292 e. The predicted octanol–water partition coefficient (Wildman–Crippen LogP) is 3.15. The van der Waals surface area contributed by atoms with Crippen LogP contribution in [-0.4, -0.2) is 10.8 Å². The van der Waals surface area contributed by atoms with Crippen LogP contribution < -0.4 is 0 Å². The molecule has 0 aromatic carbocycles. The highest BCUT2D eigenvalue weighted by molar-refractivity contribution is 5.95. The van der Waals surface area contributed by atoms with Gasteiger partial charge in [0, 0.05) is 12.6 Å². The van der Waals surface area contributed by atoms with Crippen LogP contribution in [0.1, 0.15) is 48.2 Å². The highest BCUT2D eigenvalue weighted by atomic mass is 16.1. The van der Waals surface area contributed by atoms with E-state index in [0.717, 1.165) is 5.56 Å². The van der Waals surface area contributed by atoms with Crippen LogP contribution >= 0.6 is 0 Å². The number of carbonyl (C=O) groups is 1. The fourth-order valence-corrected chi connectivity index (χ4v) is 2.35. The van der Waals surface area contributed by atoms with Gasteiger partial charge in [0.05, 0.1) is 0 Å². The highest BCUT2D eigenvalue weighted by Crippen LogP contribution is 2.28. The molecular weight excluding hydrogens is 186 g/mol. The molecule has 0 amide bonds. The molecule has 0 radical (unpaired) electrons. The molecule has 0 N–H and O–H groups in total. The number of pyridine rings is 1. The Bertz CT molecular complexity index is 353. The molecule has 1 aromatic rings. The van der Waals surface area contributed by atoms with E-state index < -0.39 is 0 Å². The second-order valence-corrected chi connectivity index (χ2v) is 4.45. The Morgan fingerprint density at radius 1 is 1.47 bits per heavy atom. The van der Waals surface area contributed by atoms with Crippen LogP contribution in [0, 0.1) is 12.8 Å². The van der Waals surface area contributed by atoms with Crippen LogP contribution in [0.3, 0.4) is 0 Å². The van der Waals surface area contributed by atoms with Crippen molar-refractivity contribution in [3.8, 4) is 0 Å². The van der Waals surface area contributed by atoms with Crippen LogP contribution in [0.25, 0.3) is 0 Å². The summed E-state index contributed by atoms with van der Waals surface area (Å²) in [6, 6.07) is 3.83. The van der Waals surface area contributed by atoms with E-state index >= 15 is 0 Å². The zero-order chi connectivity index (χ0) is 10.7. The number of rotatable bonds is 3. The van der Waals surface area contributed by atoms with Gasteiger partial charge in [-0.05, 0) is 24.5 Å². The number of aryl methyl sites for hydroxylation is 1. The fourth-order valence-electron chi connectivity index (χ4n) is 2.35. The molecule has 0 unspecified atom stereocenters. The maximum atomic E-state index is 12.0. The zero-order valence-electron chi connectivity index (χ0n) is 9.20. The topological polar surface area (TPSA) is 30.0 Å². The van der Waals surface area contributed by atoms with E-state index in [-0.39, 0.29) is 5.78 Å². The minimum absolute atomic E-state index is 0.222. The second kappa shape index (κ2) is 4.56. The van der Waals surface area contributed by atoms with Crippen LogP contribution in [0.5, 0.6) is 0 Å². The number of nitrogens with zero attached hydrogens (tertiary/aromatic N) is 1. The van der Waals surface area contributed by atoms with Crippen LogP contribution in [-0.2, 0) is 0 Å². The summed E-state index contributed by atoms with van der Waals surface area (Å²) in [5.74, 6) is 0.832. The third-order valence-corrected chi connectivity index (χ3v) is 3.22. The molecule has 1 fully saturated rings. The largest absolute Gasteiger partial charge is 0.292 e. The zero-order valence-corrected chi connectivity index (χ0v) is 9.20. The molecule has 2 heteroatoms. The van der Waals surface area contributed by atoms with Gasteiger partial charge in [-0.25, -0.2) is 0 Å². The number of hydrogen-bond acceptors (Lipinski definition) is 2. The third-order valence-electron chi connectivity index (χ3n) is 3.22. The van der Waals surface area contributed by atoms with E-state index in [0.29, 0.717) is 18.0 Å². The summed E-state index contributed by atoms with van der Waals surface area (Å²) in [5, 5.41) is 0. The van der Waals surface area contributed by atoms with Crippen molar-refractivity contribution in [2.75, 3.05) is 0 Å². The van der Waals surface area contributed by atoms with Gasteiger partial charge >= 0.3 is 0 Å². The Morgan fingerprint density at radius 3 is 2.87 bits per heavy atom. The lowest BCUT2D eigenvalue weighted by Gasteiger charge is -2.08. The summed E-state index contributed by atoms with van der Waals surface area (Å²) in [5.41, 5.74) is 1.67. The molecular formula is C13H17NO. The van der Waals surface area contributed by atoms with Crippen molar-refractivity contribution in [3.63, 3.8) is 0 Å². The Labute approximate surface area is 90.7 Å². The molecule has 1 saturated carbocycles. The van der Waals surface area contributed by atoms with Gasteiger partial charge in [0.15, 0.2) is 5.78 Å². The van der Waals surface area contributed by atoms with Crippen molar-refractivity contribution in [3.05, 3.63) is 29.6 Å². The SMILES string of the molecule is Cc1cccnc1C(=O)CC1CCCC1. The Balaban J connectivity index is 2.04. The molecule has 0 bridgehead atoms. The van der Waals surface area contributed by atoms with Gasteiger partial charge in [-0.1, -0.05) is 31.7 Å². The van der Waals surface area contributed by atoms with Crippen LogP contribution in [0.4, 0.5) is 0 Å². The molecule has 2 nitrogen and oxygen atoms in total. The van der Waals surface area contributed by atoms with Gasteiger partial charge < -0.3 is 0 Å². The van der Waals surface area contributed by atoms with Crippen molar-refractivity contribution in [2.45, 2.75) is 39.0 Å². The molecule has 0 aliphatic heterocycles. The number of aromatic nitrogens is 1. The van der Waals surface area contributed by atoms with Crippen molar-refractivity contribution in [1.82, 2.24) is 4.98 Å². The molecule has 1 aromatic heterocycles. The lowest BCUT2D eigenvalue weighted by atomic mass is 9.98. The monoisotopic (exact) mass is 203 g/mol. The molecule has 2 rings (SSSR count). The van der Waals surface area contributed by atoms with E-state index in [1.165, 1.54) is 25.7 Å². The Hall–Kier alpha value is -1.18. The average molecular weight is 203 g/mol. The van der Waals surface area contributed by atoms with Gasteiger partial charge in [0.1, 0.15) is 5.69 Å². The summed E-state index contributed by atoms with van der Waals surface area (Å²) in [6.45, 7) is 1.95. The highest BCUT2D eigenvalue weighted by Gasteiger charge is 2.20. The summed E-state index contributed by atoms with van der Waals surface area (Å²) >= 11 is 0. The lowest BCUT2D eigenvalue weighted by molar-refractivity contribution is 0.0956. The Kier molecular flexibility index (Phi) is 3.14. The number of Topliss-reactive ketones (excluding diaryl/α,β-unsaturated/α-hetero) is 1. The van der Waals surface area contributed by atoms with Crippen molar-refractivity contribution in [2.24, 2.45) is 5.92 Å². The summed E-state index contributed by atoms with van der Waals surface area (Å²) in [4.78, 5) is 16.1. The third kappa shape index (κ3) is 2.44. The number of carbonyl (C=O) groups excluding carboxylic acids is 1. The van der Waals surface area contributed by atoms with E-state index in [1.807, 2.05) is 19.1 Å². The fraction of sp³-hybridized carbons (Fsp3) is 0.538. The molecule has 0 saturated heterocycles. The minimum atomic E-state index is 0.222. The summed E-state index contributed by atoms with van der Waals surface area (Å²) in [6.07, 6.45) is 7.42. The molecule has 1 aliphatic carbocycles. The summed E-state index contributed by atoms with van der Waals surface area (Å²) in [7, 11) is 0. The quantitative estimate of drug-likeness (QED) is 0.706. The predicted molar refractivity (Wildman–Crippen MR) is 59.9 cm³/mol. The lowest BCUT2D eigenvalue weighted by Crippen LogP contribution is -2.09. The van der Waals surface area contributed by atoms with E-state index in [4.69, 9.17) is 0 Å². The average Bonchev–Trinajstić information content (AvgIpc) is 2.71. The standard InChI is InChI=1S/C13H17NO/c1-10-5-4-8-14-13(10)12(15)9-11-6-2-3-7-11/h4-5,8,11H,2-3,6-7,9H2,1H3. The smallest absolute Gasteiger partial charge is 0.181 e. The van der Waals surface area contributed by atoms with E-state index in [9.17, 15) is 4.79 Å². The first-order valence-corrected chi connectivity index (χ1v) is 5.72. The maximum absolute atomic E-state index is 12.0. The van der Waals surface area contributed by atoms with E-state index in [1.54, 1.807) is 6.20 Å². The Morgan fingerprint density at radius 2 is 2.20 bits per heavy atom. The van der Waals surface area contributed by atoms with Gasteiger partial charge in [0.2, 0.25) is 0 Å².